The Kier molecular flexibility index (Phi) is 14.4. The number of nitrogens with zero attached hydrogens (tertiary/aromatic N) is 4. The molecule has 0 fully saturated rings. The fourth-order valence-corrected chi connectivity index (χ4v) is 8.41. The number of hydrogen-bond donors (Lipinski definition) is 0. The van der Waals surface area contributed by atoms with E-state index < -0.39 is 0 Å². The fourth-order valence-electron chi connectivity index (χ4n) is 8.41. The van der Waals surface area contributed by atoms with Crippen LogP contribution in [0.5, 0.6) is 11.5 Å². The summed E-state index contributed by atoms with van der Waals surface area (Å²) in [5, 5.41) is 14.5. The molecule has 0 saturated carbocycles. The molecular weight excluding hydrogens is 737 g/mol. The van der Waals surface area contributed by atoms with Crippen LogP contribution in [0.25, 0.3) is 0 Å². The summed E-state index contributed by atoms with van der Waals surface area (Å²) >= 11 is 0. The Bertz CT molecular complexity index is 2100. The lowest BCUT2D eigenvalue weighted by atomic mass is 9.98. The molecule has 0 aliphatic carbocycles. The molecule has 0 bridgehead atoms. The topological polar surface area (TPSA) is 49.7 Å². The molecule has 2 atom stereocenters. The van der Waals surface area contributed by atoms with E-state index in [1.165, 1.54) is 73.6 Å². The highest BCUT2D eigenvalue weighted by atomic mass is 16.5. The second-order valence-corrected chi connectivity index (χ2v) is 16.0. The molecule has 0 saturated heterocycles. The van der Waals surface area contributed by atoms with E-state index in [0.717, 1.165) is 73.2 Å². The monoisotopic (exact) mass is 794 g/mol. The largest absolute Gasteiger partial charge is 0.494 e. The quantitative estimate of drug-likeness (QED) is 0.0681. The van der Waals surface area contributed by atoms with Gasteiger partial charge in [0.2, 0.25) is 0 Å². The Morgan fingerprint density at radius 3 is 1.12 bits per heavy atom. The first-order chi connectivity index (χ1) is 29.8. The van der Waals surface area contributed by atoms with Gasteiger partial charge in [0.05, 0.1) is 48.1 Å². The van der Waals surface area contributed by atoms with Crippen LogP contribution in [-0.2, 0) is 0 Å². The first-order valence-corrected chi connectivity index (χ1v) is 22.2. The number of benzene rings is 6. The first kappa shape index (κ1) is 40.6. The summed E-state index contributed by atoms with van der Waals surface area (Å²) in [6.07, 6.45) is 14.1. The van der Waals surface area contributed by atoms with Crippen LogP contribution in [0.15, 0.2) is 180 Å². The molecule has 8 rings (SSSR count). The average Bonchev–Trinajstić information content (AvgIpc) is 3.97. The average molecular weight is 795 g/mol. The van der Waals surface area contributed by atoms with Gasteiger partial charge < -0.3 is 9.47 Å². The molecule has 2 heterocycles. The van der Waals surface area contributed by atoms with Gasteiger partial charge in [0.1, 0.15) is 11.5 Å². The van der Waals surface area contributed by atoms with E-state index in [1.807, 2.05) is 0 Å². The lowest BCUT2D eigenvalue weighted by molar-refractivity contribution is 0.302. The number of rotatable bonds is 21. The molecule has 6 aromatic rings. The lowest BCUT2D eigenvalue weighted by Gasteiger charge is -2.24. The standard InChI is InChI=1S/C54H58N4O2/c1(3-5-7-21-37-59-49-35-23-29-45(39-49)53-41-51(43-25-13-9-14-26-43)55-57(53)47-31-17-11-18-32-47)2-4-6-8-22-38-60-50-36-24-30-46(40-50)54-42-52(44-27-15-10-16-28-44)56-58(54)48-33-19-12-20-34-48/h9-20,23-36,39-40,53-54H,1-8,21-22,37-38,41-42H2/t53-,54+. The van der Waals surface area contributed by atoms with Crippen molar-refractivity contribution >= 4 is 22.8 Å². The van der Waals surface area contributed by atoms with Gasteiger partial charge in [0.15, 0.2) is 0 Å². The van der Waals surface area contributed by atoms with E-state index in [1.54, 1.807) is 0 Å². The molecule has 2 aliphatic rings. The number of ether oxygens (including phenoxy) is 2. The maximum absolute atomic E-state index is 6.27. The van der Waals surface area contributed by atoms with Crippen LogP contribution in [0, 0.1) is 0 Å². The van der Waals surface area contributed by atoms with E-state index in [-0.39, 0.29) is 12.1 Å². The van der Waals surface area contributed by atoms with E-state index >= 15 is 0 Å². The number of hydrazone groups is 2. The van der Waals surface area contributed by atoms with E-state index in [2.05, 4.69) is 180 Å². The smallest absolute Gasteiger partial charge is 0.119 e. The highest BCUT2D eigenvalue weighted by Gasteiger charge is 2.31. The van der Waals surface area contributed by atoms with Gasteiger partial charge >= 0.3 is 0 Å². The van der Waals surface area contributed by atoms with Gasteiger partial charge in [-0.25, -0.2) is 0 Å². The Labute approximate surface area is 357 Å². The van der Waals surface area contributed by atoms with E-state index in [9.17, 15) is 0 Å². The SMILES string of the molecule is c1ccc(C2=NN(c3ccccc3)[C@@H](c3cccc(OCCCCCCCCCCCCOc4cccc([C@@H]5CC(c6ccccc6)=NN5c5ccccc5)c4)c3)C2)cc1. The van der Waals surface area contributed by atoms with Crippen LogP contribution in [0.4, 0.5) is 11.4 Å². The normalized spacial score (nSPS) is 16.1. The van der Waals surface area contributed by atoms with Crippen molar-refractivity contribution in [1.82, 2.24) is 0 Å². The maximum atomic E-state index is 6.27. The van der Waals surface area contributed by atoms with Crippen LogP contribution in [0.1, 0.15) is 111 Å². The third-order valence-corrected chi connectivity index (χ3v) is 11.6. The fraction of sp³-hybridized carbons (Fsp3) is 0.296. The molecule has 6 heteroatoms. The van der Waals surface area contributed by atoms with Gasteiger partial charge in [-0.3, -0.25) is 10.0 Å². The van der Waals surface area contributed by atoms with Crippen LogP contribution in [0.2, 0.25) is 0 Å². The predicted octanol–water partition coefficient (Wildman–Crippen LogP) is 13.8. The predicted molar refractivity (Wildman–Crippen MR) is 249 cm³/mol. The van der Waals surface area contributed by atoms with Gasteiger partial charge in [0.25, 0.3) is 0 Å². The van der Waals surface area contributed by atoms with Crippen molar-refractivity contribution < 1.29 is 9.47 Å². The maximum Gasteiger partial charge on any atom is 0.119 e. The molecule has 0 amide bonds. The summed E-state index contributed by atoms with van der Waals surface area (Å²) in [6, 6.07) is 59.5. The Balaban J connectivity index is 0.694. The molecule has 0 spiro atoms. The highest BCUT2D eigenvalue weighted by molar-refractivity contribution is 6.04. The zero-order valence-electron chi connectivity index (χ0n) is 34.8. The van der Waals surface area contributed by atoms with Gasteiger partial charge in [-0.1, -0.05) is 173 Å². The van der Waals surface area contributed by atoms with Crippen molar-refractivity contribution in [2.75, 3.05) is 23.2 Å². The van der Waals surface area contributed by atoms with E-state index in [0.29, 0.717) is 0 Å². The van der Waals surface area contributed by atoms with E-state index in [4.69, 9.17) is 19.7 Å². The second kappa shape index (κ2) is 21.2. The van der Waals surface area contributed by atoms with Gasteiger partial charge in [-0.2, -0.15) is 10.2 Å². The molecule has 2 aliphatic heterocycles. The van der Waals surface area contributed by atoms with Crippen molar-refractivity contribution in [3.8, 4) is 11.5 Å². The Hall–Kier alpha value is -6.14. The Morgan fingerprint density at radius 1 is 0.383 bits per heavy atom. The molecule has 306 valence electrons. The molecule has 0 aromatic heterocycles. The number of para-hydroxylation sites is 2. The first-order valence-electron chi connectivity index (χ1n) is 22.2. The molecular formula is C54H58N4O2. The summed E-state index contributed by atoms with van der Waals surface area (Å²) < 4.78 is 12.5. The molecule has 6 aromatic carbocycles. The minimum Gasteiger partial charge on any atom is -0.494 e. The van der Waals surface area contributed by atoms with Gasteiger partial charge in [-0.05, 0) is 83.6 Å². The summed E-state index contributed by atoms with van der Waals surface area (Å²) in [4.78, 5) is 0. The zero-order chi connectivity index (χ0) is 40.6. The van der Waals surface area contributed by atoms with Crippen molar-refractivity contribution in [2.45, 2.75) is 89.1 Å². The minimum atomic E-state index is 0.127. The molecule has 0 N–H and O–H groups in total. The molecule has 60 heavy (non-hydrogen) atoms. The second-order valence-electron chi connectivity index (χ2n) is 16.0. The molecule has 6 nitrogen and oxygen atoms in total. The summed E-state index contributed by atoms with van der Waals surface area (Å²) in [6.45, 7) is 1.51. The molecule has 0 radical (unpaired) electrons. The Morgan fingerprint density at radius 2 is 0.733 bits per heavy atom. The lowest BCUT2D eigenvalue weighted by Crippen LogP contribution is -2.18. The van der Waals surface area contributed by atoms with Gasteiger partial charge in [0, 0.05) is 12.8 Å². The third kappa shape index (κ3) is 10.9. The van der Waals surface area contributed by atoms with Gasteiger partial charge in [-0.15, -0.1) is 0 Å². The third-order valence-electron chi connectivity index (χ3n) is 11.6. The van der Waals surface area contributed by atoms with Crippen LogP contribution in [0.3, 0.4) is 0 Å². The van der Waals surface area contributed by atoms with Crippen molar-refractivity contribution in [2.24, 2.45) is 10.2 Å². The highest BCUT2D eigenvalue weighted by Crippen LogP contribution is 2.39. The summed E-state index contributed by atoms with van der Waals surface area (Å²) in [5.41, 5.74) is 9.25. The number of anilines is 2. The summed E-state index contributed by atoms with van der Waals surface area (Å²) in [7, 11) is 0. The van der Waals surface area contributed by atoms with Crippen LogP contribution in [-0.4, -0.2) is 24.6 Å². The zero-order valence-corrected chi connectivity index (χ0v) is 34.8. The minimum absolute atomic E-state index is 0.127. The van der Waals surface area contributed by atoms with Crippen LogP contribution >= 0.6 is 0 Å². The summed E-state index contributed by atoms with van der Waals surface area (Å²) in [5.74, 6) is 1.89. The molecule has 0 unspecified atom stereocenters. The van der Waals surface area contributed by atoms with Crippen LogP contribution < -0.4 is 19.5 Å². The number of hydrogen-bond acceptors (Lipinski definition) is 6. The number of unbranched alkanes of at least 4 members (excludes halogenated alkanes) is 9. The van der Waals surface area contributed by atoms with Crippen molar-refractivity contribution in [3.05, 3.63) is 192 Å². The van der Waals surface area contributed by atoms with Crippen molar-refractivity contribution in [3.63, 3.8) is 0 Å². The van der Waals surface area contributed by atoms with Crippen molar-refractivity contribution in [1.29, 1.82) is 0 Å².